The third-order valence-electron chi connectivity index (χ3n) is 3.75. The lowest BCUT2D eigenvalue weighted by atomic mass is 10.2. The Morgan fingerprint density at radius 1 is 1.12 bits per heavy atom. The molecule has 4 nitrogen and oxygen atoms in total. The molecule has 4 aromatic rings. The number of thiazole rings is 1. The lowest BCUT2D eigenvalue weighted by Gasteiger charge is -2.10. The molecule has 122 valence electrons. The van der Waals surface area contributed by atoms with Crippen LogP contribution < -0.4 is 0 Å². The number of aliphatic hydroxyl groups is 1. The molecule has 4 rings (SSSR count). The number of halogens is 3. The summed E-state index contributed by atoms with van der Waals surface area (Å²) in [5.74, 6) is 0. The number of aromatic nitrogens is 3. The standard InChI is InChI=1S/C16H10F3N3OS/c17-16(18,19)14-4-1-9-5-11(7-23)22(15(9)21-14)10-2-3-12-13(6-10)24-8-20-12/h1-6,8,23H,7H2. The second-order valence-corrected chi connectivity index (χ2v) is 6.13. The van der Waals surface area contributed by atoms with E-state index in [-0.39, 0.29) is 12.3 Å². The number of rotatable bonds is 2. The Kier molecular flexibility index (Phi) is 3.33. The molecule has 3 heterocycles. The van der Waals surface area contributed by atoms with Crippen molar-refractivity contribution in [1.29, 1.82) is 0 Å². The number of fused-ring (bicyclic) bond motifs is 2. The molecular formula is C16H10F3N3OS. The van der Waals surface area contributed by atoms with Crippen LogP contribution >= 0.6 is 11.3 Å². The van der Waals surface area contributed by atoms with Crippen molar-refractivity contribution in [2.24, 2.45) is 0 Å². The number of hydrogen-bond acceptors (Lipinski definition) is 4. The van der Waals surface area contributed by atoms with Crippen molar-refractivity contribution in [2.75, 3.05) is 0 Å². The van der Waals surface area contributed by atoms with Crippen molar-refractivity contribution in [2.45, 2.75) is 12.8 Å². The minimum atomic E-state index is -4.52. The summed E-state index contributed by atoms with van der Waals surface area (Å²) in [7, 11) is 0. The van der Waals surface area contributed by atoms with E-state index in [1.807, 2.05) is 6.07 Å². The van der Waals surface area contributed by atoms with Gasteiger partial charge in [-0.1, -0.05) is 0 Å². The molecule has 24 heavy (non-hydrogen) atoms. The van der Waals surface area contributed by atoms with Crippen LogP contribution in [0.2, 0.25) is 0 Å². The molecule has 1 aromatic carbocycles. The Labute approximate surface area is 137 Å². The minimum Gasteiger partial charge on any atom is -0.390 e. The maximum absolute atomic E-state index is 13.0. The first-order valence-corrected chi connectivity index (χ1v) is 7.88. The molecule has 0 saturated carbocycles. The van der Waals surface area contributed by atoms with Crippen LogP contribution in [-0.4, -0.2) is 19.6 Å². The van der Waals surface area contributed by atoms with E-state index in [9.17, 15) is 18.3 Å². The van der Waals surface area contributed by atoms with Crippen LogP contribution in [0.5, 0.6) is 0 Å². The molecule has 0 aliphatic rings. The summed E-state index contributed by atoms with van der Waals surface area (Å²) in [5, 5.41) is 10.1. The third kappa shape index (κ3) is 2.35. The smallest absolute Gasteiger partial charge is 0.390 e. The van der Waals surface area contributed by atoms with E-state index in [0.717, 1.165) is 16.3 Å². The molecule has 0 fully saturated rings. The van der Waals surface area contributed by atoms with E-state index in [4.69, 9.17) is 0 Å². The van der Waals surface area contributed by atoms with Gasteiger partial charge in [0.05, 0.1) is 28.0 Å². The van der Waals surface area contributed by atoms with E-state index in [2.05, 4.69) is 9.97 Å². The largest absolute Gasteiger partial charge is 0.433 e. The van der Waals surface area contributed by atoms with E-state index >= 15 is 0 Å². The topological polar surface area (TPSA) is 50.9 Å². The van der Waals surface area contributed by atoms with Gasteiger partial charge >= 0.3 is 6.18 Å². The minimum absolute atomic E-state index is 0.165. The van der Waals surface area contributed by atoms with Gasteiger partial charge in [0.1, 0.15) is 11.3 Å². The SMILES string of the molecule is OCc1cc2ccc(C(F)(F)F)nc2n1-c1ccc2ncsc2c1. The first-order chi connectivity index (χ1) is 11.5. The summed E-state index contributed by atoms with van der Waals surface area (Å²) in [6.07, 6.45) is -4.52. The fourth-order valence-electron chi connectivity index (χ4n) is 2.68. The zero-order valence-corrected chi connectivity index (χ0v) is 12.9. The first kappa shape index (κ1) is 15.1. The van der Waals surface area contributed by atoms with Gasteiger partial charge in [-0.2, -0.15) is 13.2 Å². The molecule has 0 spiro atoms. The number of nitrogens with zero attached hydrogens (tertiary/aromatic N) is 3. The van der Waals surface area contributed by atoms with E-state index in [0.29, 0.717) is 16.8 Å². The van der Waals surface area contributed by atoms with Gasteiger partial charge in [0, 0.05) is 11.1 Å². The summed E-state index contributed by atoms with van der Waals surface area (Å²) in [5.41, 5.74) is 2.83. The molecule has 0 saturated heterocycles. The van der Waals surface area contributed by atoms with Crippen LogP contribution in [-0.2, 0) is 12.8 Å². The van der Waals surface area contributed by atoms with Gasteiger partial charge < -0.3 is 5.11 Å². The Hall–Kier alpha value is -2.45. The van der Waals surface area contributed by atoms with Crippen molar-refractivity contribution in [3.8, 4) is 5.69 Å². The quantitative estimate of drug-likeness (QED) is 0.592. The highest BCUT2D eigenvalue weighted by molar-refractivity contribution is 7.16. The summed E-state index contributed by atoms with van der Waals surface area (Å²) >= 11 is 1.44. The maximum atomic E-state index is 13.0. The van der Waals surface area contributed by atoms with Gasteiger partial charge in [0.15, 0.2) is 0 Å². The van der Waals surface area contributed by atoms with Gasteiger partial charge in [0.25, 0.3) is 0 Å². The first-order valence-electron chi connectivity index (χ1n) is 7.00. The highest BCUT2D eigenvalue weighted by Crippen LogP contribution is 2.32. The fourth-order valence-corrected chi connectivity index (χ4v) is 3.39. The van der Waals surface area contributed by atoms with Crippen molar-refractivity contribution >= 4 is 32.6 Å². The Bertz CT molecular complexity index is 1050. The molecule has 0 amide bonds. The summed E-state index contributed by atoms with van der Waals surface area (Å²) in [4.78, 5) is 7.96. The zero-order chi connectivity index (χ0) is 16.9. The van der Waals surface area contributed by atoms with E-state index in [1.54, 1.807) is 28.3 Å². The van der Waals surface area contributed by atoms with E-state index < -0.39 is 11.9 Å². The van der Waals surface area contributed by atoms with Crippen molar-refractivity contribution in [3.63, 3.8) is 0 Å². The predicted octanol–water partition coefficient (Wildman–Crippen LogP) is 4.15. The fraction of sp³-hybridized carbons (Fsp3) is 0.125. The summed E-state index contributed by atoms with van der Waals surface area (Å²) in [6.45, 7) is -0.307. The average molecular weight is 349 g/mol. The van der Waals surface area contributed by atoms with Gasteiger partial charge in [-0.25, -0.2) is 9.97 Å². The second kappa shape index (κ2) is 5.29. The van der Waals surface area contributed by atoms with Gasteiger partial charge in [0.2, 0.25) is 0 Å². The van der Waals surface area contributed by atoms with Gasteiger partial charge in [-0.15, -0.1) is 11.3 Å². The summed E-state index contributed by atoms with van der Waals surface area (Å²) in [6, 6.07) is 9.32. The number of aliphatic hydroxyl groups excluding tert-OH is 1. The molecule has 0 atom stereocenters. The van der Waals surface area contributed by atoms with Crippen molar-refractivity contribution in [3.05, 3.63) is 53.3 Å². The average Bonchev–Trinajstić information content (AvgIpc) is 3.16. The van der Waals surface area contributed by atoms with Crippen LogP contribution in [0, 0.1) is 0 Å². The monoisotopic (exact) mass is 349 g/mol. The number of alkyl halides is 3. The van der Waals surface area contributed by atoms with Crippen LogP contribution in [0.3, 0.4) is 0 Å². The molecule has 0 radical (unpaired) electrons. The Morgan fingerprint density at radius 2 is 1.96 bits per heavy atom. The molecule has 0 aliphatic heterocycles. The predicted molar refractivity (Wildman–Crippen MR) is 85.2 cm³/mol. The van der Waals surface area contributed by atoms with Crippen LogP contribution in [0.25, 0.3) is 26.9 Å². The number of pyridine rings is 1. The molecule has 0 aliphatic carbocycles. The van der Waals surface area contributed by atoms with Gasteiger partial charge in [-0.05, 0) is 36.4 Å². The van der Waals surface area contributed by atoms with Gasteiger partial charge in [-0.3, -0.25) is 4.57 Å². The second-order valence-electron chi connectivity index (χ2n) is 5.24. The number of benzene rings is 1. The van der Waals surface area contributed by atoms with E-state index in [1.165, 1.54) is 17.4 Å². The van der Waals surface area contributed by atoms with Crippen LogP contribution in [0.1, 0.15) is 11.4 Å². The molecule has 1 N–H and O–H groups in total. The molecule has 8 heteroatoms. The highest BCUT2D eigenvalue weighted by Gasteiger charge is 2.33. The Balaban J connectivity index is 2.00. The zero-order valence-electron chi connectivity index (χ0n) is 12.1. The van der Waals surface area contributed by atoms with Crippen molar-refractivity contribution < 1.29 is 18.3 Å². The molecule has 0 unspecified atom stereocenters. The molecule has 3 aromatic heterocycles. The third-order valence-corrected chi connectivity index (χ3v) is 4.54. The number of hydrogen-bond donors (Lipinski definition) is 1. The highest BCUT2D eigenvalue weighted by atomic mass is 32.1. The lowest BCUT2D eigenvalue weighted by Crippen LogP contribution is -2.09. The van der Waals surface area contributed by atoms with Crippen molar-refractivity contribution in [1.82, 2.24) is 14.5 Å². The Morgan fingerprint density at radius 3 is 2.71 bits per heavy atom. The van der Waals surface area contributed by atoms with Crippen LogP contribution in [0.4, 0.5) is 13.2 Å². The lowest BCUT2D eigenvalue weighted by molar-refractivity contribution is -0.141. The maximum Gasteiger partial charge on any atom is 0.433 e. The normalized spacial score (nSPS) is 12.3. The molecular weight excluding hydrogens is 339 g/mol. The summed E-state index contributed by atoms with van der Waals surface area (Å²) < 4.78 is 41.4. The molecule has 0 bridgehead atoms. The van der Waals surface area contributed by atoms with Crippen LogP contribution in [0.15, 0.2) is 41.9 Å².